The number of fused-ring (bicyclic) bond motifs is 2. The van der Waals surface area contributed by atoms with Crippen LogP contribution in [0.4, 0.5) is 13.6 Å². The van der Waals surface area contributed by atoms with E-state index in [9.17, 15) is 28.0 Å². The molecule has 1 fully saturated rings. The highest BCUT2D eigenvalue weighted by atomic mass is 19.1. The Morgan fingerprint density at radius 1 is 0.942 bits per heavy atom. The van der Waals surface area contributed by atoms with Crippen molar-refractivity contribution in [3.8, 4) is 16.8 Å². The predicted molar refractivity (Wildman–Crippen MR) is 191 cm³/mol. The van der Waals surface area contributed by atoms with E-state index in [0.717, 1.165) is 29.7 Å². The molecule has 0 N–H and O–H groups in total. The fourth-order valence-electron chi connectivity index (χ4n) is 6.88. The van der Waals surface area contributed by atoms with Gasteiger partial charge in [0, 0.05) is 30.0 Å². The molecular weight excluding hydrogens is 670 g/mol. The van der Waals surface area contributed by atoms with Gasteiger partial charge >= 0.3 is 11.8 Å². The minimum absolute atomic E-state index is 0.0261. The first-order chi connectivity index (χ1) is 24.9. The normalized spacial score (nSPS) is 16.2. The number of rotatable bonds is 7. The minimum Gasteiger partial charge on any atom is -0.444 e. The monoisotopic (exact) mass is 706 g/mol. The highest BCUT2D eigenvalue weighted by molar-refractivity contribution is 5.78. The van der Waals surface area contributed by atoms with E-state index in [4.69, 9.17) is 4.74 Å². The number of carbonyl (C=O) groups excluding carboxylic acids is 2. The SMILES string of the molecule is CC(C)(C)OC(=O)N(Cc1cn2cc(F)ccc2n1)C1CCC(n2c(=O)c3cc(F)cnc3n(-c3cccc(-c4ccc(C=O)cc4)c3)c2=O)CC1. The first-order valence-electron chi connectivity index (χ1n) is 17.0. The minimum atomic E-state index is -0.766. The molecule has 0 radical (unpaired) electrons. The summed E-state index contributed by atoms with van der Waals surface area (Å²) in [6.45, 7) is 5.44. The Kier molecular flexibility index (Phi) is 9.03. The summed E-state index contributed by atoms with van der Waals surface area (Å²) < 4.78 is 38.3. The van der Waals surface area contributed by atoms with E-state index in [-0.39, 0.29) is 23.6 Å². The molecule has 52 heavy (non-hydrogen) atoms. The number of hydrogen-bond donors (Lipinski definition) is 0. The molecule has 6 aromatic rings. The van der Waals surface area contributed by atoms with Crippen LogP contribution in [0.5, 0.6) is 0 Å². The molecule has 7 rings (SSSR count). The van der Waals surface area contributed by atoms with Crippen molar-refractivity contribution in [1.82, 2.24) is 28.4 Å². The average Bonchev–Trinajstić information content (AvgIpc) is 3.52. The third-order valence-corrected chi connectivity index (χ3v) is 9.27. The Morgan fingerprint density at radius 2 is 1.69 bits per heavy atom. The van der Waals surface area contributed by atoms with Crippen molar-refractivity contribution < 1.29 is 23.1 Å². The topological polar surface area (TPSA) is 121 Å². The van der Waals surface area contributed by atoms with E-state index in [1.165, 1.54) is 21.4 Å². The molecule has 0 bridgehead atoms. The Balaban J connectivity index is 1.22. The largest absolute Gasteiger partial charge is 0.444 e. The molecule has 0 unspecified atom stereocenters. The van der Waals surface area contributed by atoms with Gasteiger partial charge in [-0.2, -0.15) is 0 Å². The van der Waals surface area contributed by atoms with E-state index in [1.807, 2.05) is 6.07 Å². The zero-order valence-corrected chi connectivity index (χ0v) is 28.8. The smallest absolute Gasteiger partial charge is 0.410 e. The molecule has 0 aliphatic heterocycles. The summed E-state index contributed by atoms with van der Waals surface area (Å²) in [6, 6.07) is 17.2. The lowest BCUT2D eigenvalue weighted by atomic mass is 9.90. The first-order valence-corrected chi connectivity index (χ1v) is 17.0. The van der Waals surface area contributed by atoms with Crippen molar-refractivity contribution in [1.29, 1.82) is 0 Å². The van der Waals surface area contributed by atoms with Gasteiger partial charge in [0.2, 0.25) is 0 Å². The summed E-state index contributed by atoms with van der Waals surface area (Å²) in [7, 11) is 0. The summed E-state index contributed by atoms with van der Waals surface area (Å²) in [5.41, 5.74) is 1.59. The number of pyridine rings is 2. The van der Waals surface area contributed by atoms with Gasteiger partial charge in [0.25, 0.3) is 5.56 Å². The number of amides is 1. The highest BCUT2D eigenvalue weighted by Crippen LogP contribution is 2.32. The van der Waals surface area contributed by atoms with Crippen LogP contribution in [-0.4, -0.2) is 52.4 Å². The Morgan fingerprint density at radius 3 is 2.40 bits per heavy atom. The molecular formula is C39H36F2N6O5. The van der Waals surface area contributed by atoms with Crippen molar-refractivity contribution >= 4 is 29.1 Å². The third-order valence-electron chi connectivity index (χ3n) is 9.27. The van der Waals surface area contributed by atoms with Gasteiger partial charge in [0.15, 0.2) is 5.65 Å². The average molecular weight is 707 g/mol. The van der Waals surface area contributed by atoms with Crippen LogP contribution in [0.15, 0.2) is 94.9 Å². The summed E-state index contributed by atoms with van der Waals surface area (Å²) in [5.74, 6) is -1.13. The Bertz CT molecular complexity index is 2440. The van der Waals surface area contributed by atoms with Crippen LogP contribution in [0.2, 0.25) is 0 Å². The van der Waals surface area contributed by atoms with E-state index >= 15 is 0 Å². The summed E-state index contributed by atoms with van der Waals surface area (Å²) in [5, 5.41) is -0.0406. The number of hydrogen-bond acceptors (Lipinski definition) is 7. The molecule has 1 saturated carbocycles. The molecule has 1 amide bonds. The van der Waals surface area contributed by atoms with E-state index < -0.39 is 40.6 Å². The number of halogens is 2. The standard InChI is InChI=1S/C39H36F2N6O5/c1-39(2,3)52-38(51)45(22-29-21-44-20-27(40)11-16-34(44)43-29)30-12-14-31(15-13-30)47-36(49)33-18-28(41)19-42-35(33)46(37(47)50)32-6-4-5-26(17-32)25-9-7-24(23-48)8-10-25/h4-11,16-21,23,30-31H,12-15,22H2,1-3H3. The Labute approximate surface area is 296 Å². The van der Waals surface area contributed by atoms with Gasteiger partial charge in [-0.15, -0.1) is 0 Å². The second kappa shape index (κ2) is 13.6. The summed E-state index contributed by atoms with van der Waals surface area (Å²) >= 11 is 0. The van der Waals surface area contributed by atoms with Crippen LogP contribution in [-0.2, 0) is 11.3 Å². The second-order valence-corrected chi connectivity index (χ2v) is 14.0. The summed E-state index contributed by atoms with van der Waals surface area (Å²) in [6.07, 6.45) is 5.78. The van der Waals surface area contributed by atoms with Gasteiger partial charge < -0.3 is 9.14 Å². The molecule has 266 valence electrons. The maximum atomic E-state index is 14.6. The van der Waals surface area contributed by atoms with Gasteiger partial charge in [-0.3, -0.25) is 19.1 Å². The van der Waals surface area contributed by atoms with Crippen LogP contribution in [0.25, 0.3) is 33.5 Å². The Hall–Kier alpha value is -5.98. The maximum absolute atomic E-state index is 14.6. The molecule has 0 spiro atoms. The molecule has 11 nitrogen and oxygen atoms in total. The number of nitrogens with zero attached hydrogens (tertiary/aromatic N) is 6. The zero-order valence-electron chi connectivity index (χ0n) is 28.8. The quantitative estimate of drug-likeness (QED) is 0.166. The van der Waals surface area contributed by atoms with Crippen LogP contribution in [0, 0.1) is 11.6 Å². The van der Waals surface area contributed by atoms with Crippen LogP contribution < -0.4 is 11.2 Å². The fourth-order valence-corrected chi connectivity index (χ4v) is 6.88. The number of aromatic nitrogens is 5. The van der Waals surface area contributed by atoms with Crippen molar-refractivity contribution in [3.05, 3.63) is 129 Å². The van der Waals surface area contributed by atoms with E-state index in [1.54, 1.807) is 84.8 Å². The van der Waals surface area contributed by atoms with Crippen LogP contribution in [0.1, 0.15) is 68.5 Å². The fraction of sp³-hybridized carbons (Fsp3) is 0.282. The molecule has 13 heteroatoms. The highest BCUT2D eigenvalue weighted by Gasteiger charge is 2.34. The van der Waals surface area contributed by atoms with E-state index in [2.05, 4.69) is 9.97 Å². The van der Waals surface area contributed by atoms with E-state index in [0.29, 0.717) is 48.3 Å². The molecule has 0 atom stereocenters. The molecule has 2 aromatic carbocycles. The predicted octanol–water partition coefficient (Wildman–Crippen LogP) is 6.87. The van der Waals surface area contributed by atoms with Crippen LogP contribution >= 0.6 is 0 Å². The number of ether oxygens (including phenoxy) is 1. The number of benzene rings is 2. The van der Waals surface area contributed by atoms with Crippen molar-refractivity contribution in [2.24, 2.45) is 0 Å². The lowest BCUT2D eigenvalue weighted by molar-refractivity contribution is 0.00781. The van der Waals surface area contributed by atoms with Crippen molar-refractivity contribution in [2.45, 2.75) is 70.7 Å². The zero-order chi connectivity index (χ0) is 36.7. The van der Waals surface area contributed by atoms with Gasteiger partial charge in [-0.05, 0) is 87.9 Å². The summed E-state index contributed by atoms with van der Waals surface area (Å²) in [4.78, 5) is 63.4. The number of carbonyl (C=O) groups is 2. The van der Waals surface area contributed by atoms with Gasteiger partial charge in [-0.1, -0.05) is 36.4 Å². The van der Waals surface area contributed by atoms with Crippen molar-refractivity contribution in [2.75, 3.05) is 0 Å². The lowest BCUT2D eigenvalue weighted by Gasteiger charge is -2.37. The maximum Gasteiger partial charge on any atom is 0.410 e. The van der Waals surface area contributed by atoms with Gasteiger partial charge in [-0.25, -0.2) is 32.9 Å². The molecule has 4 heterocycles. The number of imidazole rings is 1. The number of aldehydes is 1. The molecule has 1 aliphatic rings. The van der Waals surface area contributed by atoms with Gasteiger partial charge in [0.05, 0.1) is 29.5 Å². The van der Waals surface area contributed by atoms with Crippen molar-refractivity contribution in [3.63, 3.8) is 0 Å². The van der Waals surface area contributed by atoms with Crippen LogP contribution in [0.3, 0.4) is 0 Å². The van der Waals surface area contributed by atoms with Gasteiger partial charge in [0.1, 0.15) is 29.2 Å². The molecule has 1 aliphatic carbocycles. The molecule has 4 aromatic heterocycles. The second-order valence-electron chi connectivity index (χ2n) is 14.0. The molecule has 0 saturated heterocycles. The first kappa shape index (κ1) is 34.5. The lowest BCUT2D eigenvalue weighted by Crippen LogP contribution is -2.47. The third kappa shape index (κ3) is 6.85.